The van der Waals surface area contributed by atoms with E-state index < -0.39 is 0 Å². The Morgan fingerprint density at radius 3 is 2.46 bits per heavy atom. The Balaban J connectivity index is 1.39. The molecule has 1 aromatic heterocycles. The van der Waals surface area contributed by atoms with Crippen molar-refractivity contribution in [2.75, 3.05) is 17.6 Å². The molecule has 0 saturated heterocycles. The Morgan fingerprint density at radius 1 is 0.886 bits per heavy atom. The summed E-state index contributed by atoms with van der Waals surface area (Å²) in [7, 11) is 0. The summed E-state index contributed by atoms with van der Waals surface area (Å²) < 4.78 is 2.14. The van der Waals surface area contributed by atoms with Gasteiger partial charge in [0.05, 0.1) is 5.75 Å². The Kier molecular flexibility index (Phi) is 7.61. The molecule has 0 atom stereocenters. The number of benzene rings is 3. The first-order valence-electron chi connectivity index (χ1n) is 11.7. The molecule has 0 aliphatic rings. The number of anilines is 1. The van der Waals surface area contributed by atoms with Crippen LogP contribution in [-0.2, 0) is 11.3 Å². The summed E-state index contributed by atoms with van der Waals surface area (Å²) in [4.78, 5) is 26.2. The fourth-order valence-corrected chi connectivity index (χ4v) is 4.96. The Morgan fingerprint density at radius 2 is 1.69 bits per heavy atom. The van der Waals surface area contributed by atoms with Gasteiger partial charge in [-0.2, -0.15) is 0 Å². The lowest BCUT2D eigenvalue weighted by Gasteiger charge is -2.09. The van der Waals surface area contributed by atoms with Crippen LogP contribution < -0.4 is 10.6 Å². The number of aromatic nitrogens is 1. The van der Waals surface area contributed by atoms with Crippen molar-refractivity contribution in [2.45, 2.75) is 39.1 Å². The van der Waals surface area contributed by atoms with E-state index in [1.165, 1.54) is 22.9 Å². The molecule has 2 N–H and O–H groups in total. The Hall–Kier alpha value is -3.51. The van der Waals surface area contributed by atoms with Crippen LogP contribution >= 0.6 is 11.8 Å². The molecule has 1 heterocycles. The first-order chi connectivity index (χ1) is 16.8. The molecule has 5 nitrogen and oxygen atoms in total. The molecule has 4 aromatic rings. The summed E-state index contributed by atoms with van der Waals surface area (Å²) in [5.74, 6) is 0.229. The third-order valence-electron chi connectivity index (χ3n) is 6.17. The summed E-state index contributed by atoms with van der Waals surface area (Å²) in [6.45, 7) is 9.26. The van der Waals surface area contributed by atoms with Crippen LogP contribution in [0.25, 0.3) is 10.9 Å². The number of nitrogens with one attached hydrogen (secondary N) is 2. The number of amides is 2. The van der Waals surface area contributed by atoms with E-state index >= 15 is 0 Å². The van der Waals surface area contributed by atoms with Gasteiger partial charge in [0.15, 0.2) is 0 Å². The summed E-state index contributed by atoms with van der Waals surface area (Å²) >= 11 is 1.53. The number of carbonyl (C=O) groups is 2. The number of para-hydroxylation sites is 1. The van der Waals surface area contributed by atoms with Crippen molar-refractivity contribution in [3.05, 3.63) is 94.7 Å². The average molecular weight is 486 g/mol. The number of nitrogens with zero attached hydrogens (tertiary/aromatic N) is 1. The lowest BCUT2D eigenvalue weighted by atomic mass is 10.1. The molecule has 35 heavy (non-hydrogen) atoms. The van der Waals surface area contributed by atoms with Crippen LogP contribution in [0.1, 0.15) is 32.6 Å². The van der Waals surface area contributed by atoms with E-state index in [4.69, 9.17) is 0 Å². The predicted octanol–water partition coefficient (Wildman–Crippen LogP) is 6.04. The van der Waals surface area contributed by atoms with Gasteiger partial charge in [-0.05, 0) is 68.7 Å². The fourth-order valence-electron chi connectivity index (χ4n) is 4.07. The van der Waals surface area contributed by atoms with E-state index in [0.717, 1.165) is 32.6 Å². The molecule has 3 aromatic carbocycles. The lowest BCUT2D eigenvalue weighted by molar-refractivity contribution is -0.113. The molecule has 0 aliphatic heterocycles. The molecule has 0 aliphatic carbocycles. The van der Waals surface area contributed by atoms with Gasteiger partial charge in [-0.3, -0.25) is 9.59 Å². The van der Waals surface area contributed by atoms with Crippen LogP contribution in [0, 0.1) is 27.7 Å². The second-order valence-electron chi connectivity index (χ2n) is 8.91. The van der Waals surface area contributed by atoms with E-state index in [2.05, 4.69) is 39.6 Å². The van der Waals surface area contributed by atoms with Gasteiger partial charge < -0.3 is 15.2 Å². The topological polar surface area (TPSA) is 63.1 Å². The maximum Gasteiger partial charge on any atom is 0.251 e. The maximum absolute atomic E-state index is 12.6. The number of hydrogen-bond donors (Lipinski definition) is 2. The zero-order valence-electron chi connectivity index (χ0n) is 20.6. The summed E-state index contributed by atoms with van der Waals surface area (Å²) in [5.41, 5.74) is 7.13. The second-order valence-corrected chi connectivity index (χ2v) is 9.93. The Labute approximate surface area is 210 Å². The zero-order chi connectivity index (χ0) is 24.9. The Bertz CT molecular complexity index is 1390. The van der Waals surface area contributed by atoms with Crippen molar-refractivity contribution in [1.29, 1.82) is 0 Å². The van der Waals surface area contributed by atoms with E-state index in [9.17, 15) is 9.59 Å². The summed E-state index contributed by atoms with van der Waals surface area (Å²) in [6.07, 6.45) is 2.07. The quantitative estimate of drug-likeness (QED) is 0.299. The van der Waals surface area contributed by atoms with Gasteiger partial charge in [-0.25, -0.2) is 0 Å². The highest BCUT2D eigenvalue weighted by Gasteiger charge is 2.12. The molecule has 2 amide bonds. The normalized spacial score (nSPS) is 11.0. The van der Waals surface area contributed by atoms with Gasteiger partial charge >= 0.3 is 0 Å². The zero-order valence-corrected chi connectivity index (χ0v) is 21.5. The molecular formula is C29H31N3O2S. The van der Waals surface area contributed by atoms with E-state index in [1.54, 1.807) is 0 Å². The molecule has 0 saturated carbocycles. The molecule has 0 spiro atoms. The highest BCUT2D eigenvalue weighted by atomic mass is 32.2. The second kappa shape index (κ2) is 10.8. The van der Waals surface area contributed by atoms with Crippen LogP contribution in [0.4, 0.5) is 5.69 Å². The van der Waals surface area contributed by atoms with Gasteiger partial charge in [0.25, 0.3) is 5.91 Å². The maximum atomic E-state index is 12.6. The van der Waals surface area contributed by atoms with Crippen molar-refractivity contribution >= 4 is 40.2 Å². The smallest absolute Gasteiger partial charge is 0.251 e. The number of fused-ring (bicyclic) bond motifs is 1. The number of carbonyl (C=O) groups excluding carboxylic acids is 2. The average Bonchev–Trinajstić information content (AvgIpc) is 3.19. The fraction of sp³-hybridized carbons (Fsp3) is 0.241. The van der Waals surface area contributed by atoms with Crippen LogP contribution in [0.5, 0.6) is 0 Å². The molecule has 6 heteroatoms. The summed E-state index contributed by atoms with van der Waals surface area (Å²) in [5, 5.41) is 7.15. The number of hydrogen-bond acceptors (Lipinski definition) is 3. The molecular weight excluding hydrogens is 454 g/mol. The molecule has 0 bridgehead atoms. The SMILES string of the molecule is Cc1ccc(NC(=O)CSc2cn(CCNC(=O)c3ccc(C)c(C)c3)c3ccccc23)c(C)c1. The third-order valence-corrected chi connectivity index (χ3v) is 7.22. The largest absolute Gasteiger partial charge is 0.350 e. The van der Waals surface area contributed by atoms with E-state index in [0.29, 0.717) is 24.4 Å². The first-order valence-corrected chi connectivity index (χ1v) is 12.7. The summed E-state index contributed by atoms with van der Waals surface area (Å²) in [6, 6.07) is 19.9. The minimum absolute atomic E-state index is 0.0283. The molecule has 180 valence electrons. The van der Waals surface area contributed by atoms with Gasteiger partial charge in [-0.1, -0.05) is 42.0 Å². The van der Waals surface area contributed by atoms with Crippen molar-refractivity contribution in [1.82, 2.24) is 9.88 Å². The van der Waals surface area contributed by atoms with Crippen LogP contribution in [0.3, 0.4) is 0 Å². The monoisotopic (exact) mass is 485 g/mol. The highest BCUT2D eigenvalue weighted by Crippen LogP contribution is 2.30. The molecule has 4 rings (SSSR count). The van der Waals surface area contributed by atoms with Crippen molar-refractivity contribution in [2.24, 2.45) is 0 Å². The molecule has 0 radical (unpaired) electrons. The van der Waals surface area contributed by atoms with Crippen molar-refractivity contribution < 1.29 is 9.59 Å². The third kappa shape index (κ3) is 5.95. The first kappa shape index (κ1) is 24.6. The minimum atomic E-state index is -0.0674. The van der Waals surface area contributed by atoms with Gasteiger partial charge in [0.2, 0.25) is 5.91 Å². The van der Waals surface area contributed by atoms with E-state index in [-0.39, 0.29) is 11.8 Å². The molecule has 0 unspecified atom stereocenters. The van der Waals surface area contributed by atoms with Crippen LogP contribution in [0.15, 0.2) is 71.8 Å². The van der Waals surface area contributed by atoms with Gasteiger partial charge in [-0.15, -0.1) is 11.8 Å². The van der Waals surface area contributed by atoms with Crippen molar-refractivity contribution in [3.8, 4) is 0 Å². The number of thioether (sulfide) groups is 1. The van der Waals surface area contributed by atoms with Crippen LogP contribution in [0.2, 0.25) is 0 Å². The lowest BCUT2D eigenvalue weighted by Crippen LogP contribution is -2.27. The van der Waals surface area contributed by atoms with Gasteiger partial charge in [0.1, 0.15) is 0 Å². The number of aryl methyl sites for hydroxylation is 4. The molecule has 0 fully saturated rings. The highest BCUT2D eigenvalue weighted by molar-refractivity contribution is 8.00. The minimum Gasteiger partial charge on any atom is -0.350 e. The van der Waals surface area contributed by atoms with E-state index in [1.807, 2.05) is 70.2 Å². The predicted molar refractivity (Wildman–Crippen MR) is 145 cm³/mol. The standard InChI is InChI=1S/C29H31N3O2S/c1-19-9-12-25(22(4)15-19)31-28(33)18-35-27-17-32(26-8-6-5-7-24(26)27)14-13-30-29(34)23-11-10-20(2)21(3)16-23/h5-12,15-17H,13-14,18H2,1-4H3,(H,30,34)(H,31,33). The van der Waals surface area contributed by atoms with Gasteiger partial charge in [0, 0.05) is 46.3 Å². The number of rotatable bonds is 8. The van der Waals surface area contributed by atoms with Crippen molar-refractivity contribution in [3.63, 3.8) is 0 Å². The van der Waals surface area contributed by atoms with Crippen LogP contribution in [-0.4, -0.2) is 28.7 Å².